The molecule has 2 heterocycles. The molecule has 2 aromatic rings. The molecule has 0 atom stereocenters. The van der Waals surface area contributed by atoms with E-state index in [4.69, 9.17) is 0 Å². The van der Waals surface area contributed by atoms with Gasteiger partial charge in [-0.2, -0.15) is 5.26 Å². The Morgan fingerprint density at radius 3 is 2.67 bits per heavy atom. The summed E-state index contributed by atoms with van der Waals surface area (Å²) in [6, 6.07) is 14.3. The predicted molar refractivity (Wildman–Crippen MR) is 96.0 cm³/mol. The van der Waals surface area contributed by atoms with Crippen molar-refractivity contribution < 1.29 is 5.11 Å². The first-order valence-electron chi connectivity index (χ1n) is 8.19. The van der Waals surface area contributed by atoms with Gasteiger partial charge < -0.3 is 14.9 Å². The van der Waals surface area contributed by atoms with E-state index >= 15 is 0 Å². The number of fused-ring (bicyclic) bond motifs is 2. The van der Waals surface area contributed by atoms with Crippen molar-refractivity contribution in [3.8, 4) is 11.8 Å². The number of nitriles is 1. The topological polar surface area (TPSA) is 50.5 Å². The van der Waals surface area contributed by atoms with Crippen molar-refractivity contribution in [2.45, 2.75) is 28.7 Å². The maximum absolute atomic E-state index is 10.6. The summed E-state index contributed by atoms with van der Waals surface area (Å²) in [5, 5.41) is 19.8. The predicted octanol–water partition coefficient (Wildman–Crippen LogP) is 3.96. The SMILES string of the molecule is CN1CCC(N2c3ccccc3Sc3cc(C#N)cc(O)c32)CC1. The summed E-state index contributed by atoms with van der Waals surface area (Å²) in [6.45, 7) is 2.12. The van der Waals surface area contributed by atoms with Crippen molar-refractivity contribution in [2.24, 2.45) is 0 Å². The standard InChI is InChI=1S/C19H19N3OS/c1-21-8-6-14(7-9-21)22-15-4-2-3-5-17(15)24-18-11-13(12-20)10-16(23)19(18)22/h2-5,10-11,14,23H,6-9H2,1H3. The first-order chi connectivity index (χ1) is 11.7. The summed E-state index contributed by atoms with van der Waals surface area (Å²) >= 11 is 1.63. The highest BCUT2D eigenvalue weighted by atomic mass is 32.2. The van der Waals surface area contributed by atoms with Crippen molar-refractivity contribution >= 4 is 23.1 Å². The quantitative estimate of drug-likeness (QED) is 0.853. The molecule has 0 unspecified atom stereocenters. The Morgan fingerprint density at radius 1 is 1.17 bits per heavy atom. The zero-order chi connectivity index (χ0) is 16.7. The number of phenolic OH excluding ortho intramolecular Hbond substituents is 1. The minimum Gasteiger partial charge on any atom is -0.506 e. The Kier molecular flexibility index (Phi) is 3.87. The third-order valence-corrected chi connectivity index (χ3v) is 5.92. The number of rotatable bonds is 1. The maximum Gasteiger partial charge on any atom is 0.141 e. The molecule has 0 aromatic heterocycles. The molecule has 122 valence electrons. The molecule has 0 bridgehead atoms. The van der Waals surface area contributed by atoms with Gasteiger partial charge in [-0.1, -0.05) is 23.9 Å². The second kappa shape index (κ2) is 6.04. The van der Waals surface area contributed by atoms with Crippen LogP contribution in [0.5, 0.6) is 5.75 Å². The molecule has 0 amide bonds. The first kappa shape index (κ1) is 15.4. The second-order valence-electron chi connectivity index (χ2n) is 6.43. The molecule has 4 rings (SSSR count). The van der Waals surface area contributed by atoms with Crippen LogP contribution in [0, 0.1) is 11.3 Å². The van der Waals surface area contributed by atoms with Gasteiger partial charge in [-0.15, -0.1) is 0 Å². The van der Waals surface area contributed by atoms with Crippen LogP contribution in [-0.2, 0) is 0 Å². The molecule has 4 nitrogen and oxygen atoms in total. The van der Waals surface area contributed by atoms with Gasteiger partial charge >= 0.3 is 0 Å². The summed E-state index contributed by atoms with van der Waals surface area (Å²) < 4.78 is 0. The van der Waals surface area contributed by atoms with E-state index in [1.165, 1.54) is 4.90 Å². The van der Waals surface area contributed by atoms with Gasteiger partial charge in [0.25, 0.3) is 0 Å². The van der Waals surface area contributed by atoms with Gasteiger partial charge in [0.05, 0.1) is 23.0 Å². The Hall–Kier alpha value is -2.16. The van der Waals surface area contributed by atoms with E-state index in [0.717, 1.165) is 42.2 Å². The fourth-order valence-corrected chi connectivity index (χ4v) is 4.73. The number of anilines is 2. The van der Waals surface area contributed by atoms with Crippen LogP contribution in [0.1, 0.15) is 18.4 Å². The molecular formula is C19H19N3OS. The number of hydrogen-bond donors (Lipinski definition) is 1. The second-order valence-corrected chi connectivity index (χ2v) is 7.51. The van der Waals surface area contributed by atoms with E-state index in [2.05, 4.69) is 35.0 Å². The van der Waals surface area contributed by atoms with Crippen LogP contribution >= 0.6 is 11.8 Å². The number of piperidine rings is 1. The maximum atomic E-state index is 10.6. The highest BCUT2D eigenvalue weighted by molar-refractivity contribution is 7.99. The average molecular weight is 337 g/mol. The molecule has 1 saturated heterocycles. The fourth-order valence-electron chi connectivity index (χ4n) is 3.59. The number of phenols is 1. The largest absolute Gasteiger partial charge is 0.506 e. The number of likely N-dealkylation sites (tertiary alicyclic amines) is 1. The summed E-state index contributed by atoms with van der Waals surface area (Å²) in [6.07, 6.45) is 2.13. The highest BCUT2D eigenvalue weighted by Crippen LogP contribution is 2.53. The molecule has 24 heavy (non-hydrogen) atoms. The summed E-state index contributed by atoms with van der Waals surface area (Å²) in [5.74, 6) is 0.199. The molecule has 2 aromatic carbocycles. The Labute approximate surface area is 146 Å². The van der Waals surface area contributed by atoms with Crippen LogP contribution in [0.4, 0.5) is 11.4 Å². The van der Waals surface area contributed by atoms with Gasteiger partial charge in [-0.3, -0.25) is 0 Å². The molecule has 1 N–H and O–H groups in total. The highest BCUT2D eigenvalue weighted by Gasteiger charge is 2.33. The van der Waals surface area contributed by atoms with Crippen molar-refractivity contribution in [1.29, 1.82) is 5.26 Å². The number of hydrogen-bond acceptors (Lipinski definition) is 5. The van der Waals surface area contributed by atoms with Gasteiger partial charge in [0, 0.05) is 15.8 Å². The molecule has 0 radical (unpaired) electrons. The molecule has 5 heteroatoms. The number of benzene rings is 2. The molecule has 1 fully saturated rings. The lowest BCUT2D eigenvalue weighted by molar-refractivity contribution is 0.254. The third-order valence-electron chi connectivity index (χ3n) is 4.82. The van der Waals surface area contributed by atoms with E-state index < -0.39 is 0 Å². The first-order valence-corrected chi connectivity index (χ1v) is 9.01. The molecular weight excluding hydrogens is 318 g/mol. The van der Waals surface area contributed by atoms with E-state index in [0.29, 0.717) is 11.6 Å². The Bertz CT molecular complexity index is 822. The molecule has 0 spiro atoms. The number of aromatic hydroxyl groups is 1. The van der Waals surface area contributed by atoms with Gasteiger partial charge in [0.15, 0.2) is 0 Å². The van der Waals surface area contributed by atoms with Gasteiger partial charge in [-0.25, -0.2) is 0 Å². The van der Waals surface area contributed by atoms with Crippen LogP contribution in [0.3, 0.4) is 0 Å². The van der Waals surface area contributed by atoms with Gasteiger partial charge in [0.2, 0.25) is 0 Å². The lowest BCUT2D eigenvalue weighted by Gasteiger charge is -2.42. The van der Waals surface area contributed by atoms with Crippen molar-refractivity contribution in [2.75, 3.05) is 25.0 Å². The number of nitrogens with zero attached hydrogens (tertiary/aromatic N) is 3. The molecule has 0 saturated carbocycles. The van der Waals surface area contributed by atoms with Crippen LogP contribution < -0.4 is 4.90 Å². The fraction of sp³-hybridized carbons (Fsp3) is 0.316. The zero-order valence-electron chi connectivity index (χ0n) is 13.6. The molecule has 2 aliphatic heterocycles. The van der Waals surface area contributed by atoms with Gasteiger partial charge in [-0.05, 0) is 57.2 Å². The van der Waals surface area contributed by atoms with Crippen LogP contribution in [0.2, 0.25) is 0 Å². The molecule has 2 aliphatic rings. The van der Waals surface area contributed by atoms with Gasteiger partial charge in [0.1, 0.15) is 5.75 Å². The van der Waals surface area contributed by atoms with E-state index in [1.54, 1.807) is 17.8 Å². The van der Waals surface area contributed by atoms with Crippen molar-refractivity contribution in [3.05, 3.63) is 42.0 Å². The van der Waals surface area contributed by atoms with E-state index in [9.17, 15) is 10.4 Å². The van der Waals surface area contributed by atoms with Crippen LogP contribution in [-0.4, -0.2) is 36.2 Å². The minimum absolute atomic E-state index is 0.199. The summed E-state index contributed by atoms with van der Waals surface area (Å²) in [7, 11) is 2.15. The lowest BCUT2D eigenvalue weighted by atomic mass is 10.0. The normalized spacial score (nSPS) is 17.9. The Balaban J connectivity index is 1.85. The van der Waals surface area contributed by atoms with E-state index in [1.807, 2.05) is 18.2 Å². The summed E-state index contributed by atoms with van der Waals surface area (Å²) in [4.78, 5) is 6.79. The van der Waals surface area contributed by atoms with Crippen LogP contribution in [0.15, 0.2) is 46.2 Å². The Morgan fingerprint density at radius 2 is 1.92 bits per heavy atom. The zero-order valence-corrected chi connectivity index (χ0v) is 14.4. The van der Waals surface area contributed by atoms with Crippen molar-refractivity contribution in [3.63, 3.8) is 0 Å². The van der Waals surface area contributed by atoms with Crippen molar-refractivity contribution in [1.82, 2.24) is 4.90 Å². The number of para-hydroxylation sites is 1. The average Bonchev–Trinajstić information content (AvgIpc) is 2.60. The monoisotopic (exact) mass is 337 g/mol. The minimum atomic E-state index is 0.199. The van der Waals surface area contributed by atoms with E-state index in [-0.39, 0.29) is 5.75 Å². The smallest absolute Gasteiger partial charge is 0.141 e. The lowest BCUT2D eigenvalue weighted by Crippen LogP contribution is -2.42. The molecule has 0 aliphatic carbocycles. The van der Waals surface area contributed by atoms with Crippen LogP contribution in [0.25, 0.3) is 0 Å². The third kappa shape index (κ3) is 2.52. The summed E-state index contributed by atoms with van der Waals surface area (Å²) in [5.41, 5.74) is 2.51.